The fourth-order valence-electron chi connectivity index (χ4n) is 2.08. The summed E-state index contributed by atoms with van der Waals surface area (Å²) in [6.07, 6.45) is 0.340. The Morgan fingerprint density at radius 2 is 2.06 bits per heavy atom. The molecule has 6 nitrogen and oxygen atoms in total. The third kappa shape index (κ3) is 2.14. The van der Waals surface area contributed by atoms with Gasteiger partial charge in [-0.25, -0.2) is 14.6 Å². The van der Waals surface area contributed by atoms with Crippen molar-refractivity contribution >= 4 is 17.7 Å². The number of hydrazine groups is 1. The quantitative estimate of drug-likeness (QED) is 0.756. The highest BCUT2D eigenvalue weighted by Crippen LogP contribution is 2.32. The molecule has 1 unspecified atom stereocenters. The van der Waals surface area contributed by atoms with Gasteiger partial charge in [-0.2, -0.15) is 0 Å². The monoisotopic (exact) mass is 249 g/mol. The molecule has 0 spiro atoms. The minimum absolute atomic E-state index is 0.340. The molecule has 0 bridgehead atoms. The first-order valence-electron chi connectivity index (χ1n) is 5.58. The van der Waals surface area contributed by atoms with Crippen LogP contribution < -0.4 is 10.3 Å². The third-order valence-electron chi connectivity index (χ3n) is 2.80. The summed E-state index contributed by atoms with van der Waals surface area (Å²) in [5.41, 5.74) is 4.10. The van der Waals surface area contributed by atoms with E-state index in [2.05, 4.69) is 5.43 Å². The summed E-state index contributed by atoms with van der Waals surface area (Å²) in [6.45, 7) is 0. The molecule has 18 heavy (non-hydrogen) atoms. The molecule has 96 valence electrons. The third-order valence-corrected chi connectivity index (χ3v) is 2.80. The largest absolute Gasteiger partial charge is 0.480 e. The van der Waals surface area contributed by atoms with Crippen LogP contribution in [0.25, 0.3) is 0 Å². The molecular weight excluding hydrogens is 234 g/mol. The Morgan fingerprint density at radius 3 is 2.67 bits per heavy atom. The van der Waals surface area contributed by atoms with Gasteiger partial charge in [-0.3, -0.25) is 10.3 Å². The smallest absolute Gasteiger partial charge is 0.337 e. The Balaban J connectivity index is 2.34. The second kappa shape index (κ2) is 4.66. The molecule has 2 amide bonds. The predicted octanol–water partition coefficient (Wildman–Crippen LogP) is 0.689. The lowest BCUT2D eigenvalue weighted by atomic mass is 10.1. The van der Waals surface area contributed by atoms with Crippen molar-refractivity contribution < 1.29 is 14.7 Å². The molecular formula is C12H15N3O3. The second-order valence-electron chi connectivity index (χ2n) is 4.37. The van der Waals surface area contributed by atoms with E-state index in [-0.39, 0.29) is 0 Å². The minimum atomic E-state index is -1.000. The second-order valence-corrected chi connectivity index (χ2v) is 4.37. The Morgan fingerprint density at radius 1 is 1.39 bits per heavy atom. The van der Waals surface area contributed by atoms with Crippen molar-refractivity contribution in [1.82, 2.24) is 10.4 Å². The Labute approximate surface area is 105 Å². The van der Waals surface area contributed by atoms with Crippen LogP contribution in [0.15, 0.2) is 24.3 Å². The van der Waals surface area contributed by atoms with Gasteiger partial charge in [-0.15, -0.1) is 0 Å². The van der Waals surface area contributed by atoms with E-state index in [9.17, 15) is 14.7 Å². The van der Waals surface area contributed by atoms with Gasteiger partial charge in [0, 0.05) is 26.2 Å². The lowest BCUT2D eigenvalue weighted by Crippen LogP contribution is -2.51. The number of aliphatic carboxylic acids is 1. The van der Waals surface area contributed by atoms with Crippen molar-refractivity contribution in [2.75, 3.05) is 19.0 Å². The average Bonchev–Trinajstić information content (AvgIpc) is 2.67. The van der Waals surface area contributed by atoms with E-state index in [1.165, 1.54) is 9.91 Å². The molecule has 0 fully saturated rings. The number of anilines is 1. The first-order valence-corrected chi connectivity index (χ1v) is 5.58. The number of fused-ring (bicyclic) bond motifs is 1. The van der Waals surface area contributed by atoms with Crippen LogP contribution in [-0.4, -0.2) is 42.3 Å². The fourth-order valence-corrected chi connectivity index (χ4v) is 2.08. The fraction of sp³-hybridized carbons (Fsp3) is 0.333. The Bertz CT molecular complexity index is 487. The number of rotatable bonds is 2. The molecule has 1 aliphatic heterocycles. The lowest BCUT2D eigenvalue weighted by Gasteiger charge is -2.24. The van der Waals surface area contributed by atoms with Gasteiger partial charge >= 0.3 is 12.0 Å². The molecule has 0 radical (unpaired) electrons. The summed E-state index contributed by atoms with van der Waals surface area (Å²) < 4.78 is 0. The molecule has 0 saturated carbocycles. The normalized spacial score (nSPS) is 17.7. The van der Waals surface area contributed by atoms with Gasteiger partial charge in [0.1, 0.15) is 6.04 Å². The van der Waals surface area contributed by atoms with Gasteiger partial charge in [0.05, 0.1) is 0 Å². The summed E-state index contributed by atoms with van der Waals surface area (Å²) in [5.74, 6) is -1.000. The summed E-state index contributed by atoms with van der Waals surface area (Å²) in [6, 6.07) is 5.95. The van der Waals surface area contributed by atoms with Crippen molar-refractivity contribution in [3.8, 4) is 0 Å². The van der Waals surface area contributed by atoms with Crippen LogP contribution in [0.3, 0.4) is 0 Å². The number of hydrogen-bond donors (Lipinski definition) is 2. The van der Waals surface area contributed by atoms with Crippen molar-refractivity contribution in [3.05, 3.63) is 29.8 Å². The van der Waals surface area contributed by atoms with Crippen LogP contribution in [0.5, 0.6) is 0 Å². The zero-order valence-corrected chi connectivity index (χ0v) is 10.3. The van der Waals surface area contributed by atoms with Crippen LogP contribution >= 0.6 is 0 Å². The molecule has 1 aromatic carbocycles. The van der Waals surface area contributed by atoms with Gasteiger partial charge < -0.3 is 5.11 Å². The van der Waals surface area contributed by atoms with Gasteiger partial charge in [-0.1, -0.05) is 18.2 Å². The van der Waals surface area contributed by atoms with E-state index in [1.807, 2.05) is 12.1 Å². The summed E-state index contributed by atoms with van der Waals surface area (Å²) in [4.78, 5) is 24.6. The zero-order valence-electron chi connectivity index (χ0n) is 10.3. The molecule has 1 aliphatic rings. The highest BCUT2D eigenvalue weighted by Gasteiger charge is 2.38. The number of carbonyl (C=O) groups excluding carboxylic acids is 1. The number of carboxylic acid groups (broad SMARTS) is 1. The number of benzene rings is 1. The molecule has 0 saturated heterocycles. The van der Waals surface area contributed by atoms with E-state index in [0.29, 0.717) is 12.1 Å². The highest BCUT2D eigenvalue weighted by molar-refractivity contribution is 6.00. The molecule has 2 N–H and O–H groups in total. The number of hydrogen-bond acceptors (Lipinski definition) is 3. The predicted molar refractivity (Wildman–Crippen MR) is 66.3 cm³/mol. The number of para-hydroxylation sites is 1. The Kier molecular flexibility index (Phi) is 3.20. The molecule has 1 heterocycles. The topological polar surface area (TPSA) is 72.9 Å². The standard InChI is InChI=1S/C12H15N3O3/c1-14(2)13-12(18)15-9-6-4-3-5-8(9)7-10(15)11(16)17/h3-6,10H,7H2,1-2H3,(H,13,18)(H,16,17). The van der Waals surface area contributed by atoms with Crippen LogP contribution in [0.1, 0.15) is 5.56 Å². The number of carbonyl (C=O) groups is 2. The van der Waals surface area contributed by atoms with Crippen molar-refractivity contribution in [3.63, 3.8) is 0 Å². The average molecular weight is 249 g/mol. The summed E-state index contributed by atoms with van der Waals surface area (Å²) in [7, 11) is 3.35. The molecule has 1 aromatic rings. The van der Waals surface area contributed by atoms with Gasteiger partial charge in [0.15, 0.2) is 0 Å². The summed E-state index contributed by atoms with van der Waals surface area (Å²) in [5, 5.41) is 10.7. The lowest BCUT2D eigenvalue weighted by molar-refractivity contribution is -0.138. The number of nitrogens with zero attached hydrogens (tertiary/aromatic N) is 2. The molecule has 6 heteroatoms. The van der Waals surface area contributed by atoms with E-state index in [1.54, 1.807) is 26.2 Å². The van der Waals surface area contributed by atoms with Gasteiger partial charge in [0.25, 0.3) is 0 Å². The zero-order chi connectivity index (χ0) is 13.3. The van der Waals surface area contributed by atoms with Gasteiger partial charge in [0.2, 0.25) is 0 Å². The van der Waals surface area contributed by atoms with Gasteiger partial charge in [-0.05, 0) is 11.6 Å². The summed E-state index contributed by atoms with van der Waals surface area (Å²) >= 11 is 0. The minimum Gasteiger partial charge on any atom is -0.480 e. The van der Waals surface area contributed by atoms with E-state index in [0.717, 1.165) is 5.56 Å². The number of amides is 2. The van der Waals surface area contributed by atoms with Crippen LogP contribution in [0, 0.1) is 0 Å². The van der Waals surface area contributed by atoms with E-state index >= 15 is 0 Å². The first-order chi connectivity index (χ1) is 8.50. The van der Waals surface area contributed by atoms with Crippen molar-refractivity contribution in [2.45, 2.75) is 12.5 Å². The Hall–Kier alpha value is -2.08. The maximum atomic E-state index is 12.0. The molecule has 1 atom stereocenters. The highest BCUT2D eigenvalue weighted by atomic mass is 16.4. The SMILES string of the molecule is CN(C)NC(=O)N1c2ccccc2CC1C(=O)O. The van der Waals surface area contributed by atoms with E-state index in [4.69, 9.17) is 0 Å². The van der Waals surface area contributed by atoms with Crippen LogP contribution in [-0.2, 0) is 11.2 Å². The maximum Gasteiger partial charge on any atom is 0.337 e. The molecule has 2 rings (SSSR count). The first kappa shape index (κ1) is 12.4. The number of urea groups is 1. The molecule has 0 aromatic heterocycles. The number of carboxylic acids is 1. The number of nitrogens with one attached hydrogen (secondary N) is 1. The van der Waals surface area contributed by atoms with E-state index < -0.39 is 18.0 Å². The van der Waals surface area contributed by atoms with Crippen molar-refractivity contribution in [2.24, 2.45) is 0 Å². The molecule has 0 aliphatic carbocycles. The maximum absolute atomic E-state index is 12.0. The van der Waals surface area contributed by atoms with Crippen molar-refractivity contribution in [1.29, 1.82) is 0 Å². The van der Waals surface area contributed by atoms with Crippen LogP contribution in [0.4, 0.5) is 10.5 Å². The van der Waals surface area contributed by atoms with Crippen LogP contribution in [0.2, 0.25) is 0 Å².